The van der Waals surface area contributed by atoms with Gasteiger partial charge in [0.05, 0.1) is 18.1 Å². The Balaban J connectivity index is 1.88. The third-order valence-corrected chi connectivity index (χ3v) is 4.97. The van der Waals surface area contributed by atoms with Crippen molar-refractivity contribution in [3.8, 4) is 0 Å². The molecule has 2 aliphatic rings. The molecular weight excluding hydrogens is 238 g/mol. The Kier molecular flexibility index (Phi) is 3.97. The topological polar surface area (TPSA) is 29.5 Å². The Labute approximate surface area is 117 Å². The van der Waals surface area contributed by atoms with Crippen LogP contribution in [0.15, 0.2) is 0 Å². The molecule has 0 N–H and O–H groups in total. The molecule has 3 heteroatoms. The van der Waals surface area contributed by atoms with Gasteiger partial charge in [0, 0.05) is 13.1 Å². The second-order valence-corrected chi connectivity index (χ2v) is 7.76. The standard InChI is InChI=1S/C16H29NO2/c1-12-10-17(11-15(12,2)3)14(18)9-13-7-6-8-16(4,5)19-13/h12-13H,6-11H2,1-5H3. The number of rotatable bonds is 2. The van der Waals surface area contributed by atoms with Gasteiger partial charge in [-0.3, -0.25) is 4.79 Å². The minimum absolute atomic E-state index is 0.0548. The van der Waals surface area contributed by atoms with Crippen molar-refractivity contribution in [2.75, 3.05) is 13.1 Å². The summed E-state index contributed by atoms with van der Waals surface area (Å²) in [6, 6.07) is 0. The summed E-state index contributed by atoms with van der Waals surface area (Å²) in [4.78, 5) is 14.4. The minimum Gasteiger partial charge on any atom is -0.372 e. The third kappa shape index (κ3) is 3.50. The van der Waals surface area contributed by atoms with E-state index in [0.717, 1.165) is 25.9 Å². The number of hydrogen-bond acceptors (Lipinski definition) is 2. The van der Waals surface area contributed by atoms with Gasteiger partial charge in [-0.25, -0.2) is 0 Å². The third-order valence-electron chi connectivity index (χ3n) is 4.97. The summed E-state index contributed by atoms with van der Waals surface area (Å²) in [6.07, 6.45) is 3.99. The van der Waals surface area contributed by atoms with Crippen molar-refractivity contribution < 1.29 is 9.53 Å². The zero-order valence-electron chi connectivity index (χ0n) is 13.2. The number of carbonyl (C=O) groups excluding carboxylic acids is 1. The zero-order valence-corrected chi connectivity index (χ0v) is 13.2. The highest BCUT2D eigenvalue weighted by Gasteiger charge is 2.39. The Bertz CT molecular complexity index is 349. The average Bonchev–Trinajstić information content (AvgIpc) is 2.52. The fraction of sp³-hybridized carbons (Fsp3) is 0.938. The van der Waals surface area contributed by atoms with Gasteiger partial charge in [0.15, 0.2) is 0 Å². The van der Waals surface area contributed by atoms with Gasteiger partial charge in [-0.15, -0.1) is 0 Å². The molecule has 2 fully saturated rings. The Morgan fingerprint density at radius 3 is 2.53 bits per heavy atom. The molecular formula is C16H29NO2. The Hall–Kier alpha value is -0.570. The van der Waals surface area contributed by atoms with E-state index in [9.17, 15) is 4.79 Å². The van der Waals surface area contributed by atoms with E-state index in [1.54, 1.807) is 0 Å². The number of ether oxygens (including phenoxy) is 1. The molecule has 2 heterocycles. The molecule has 110 valence electrons. The molecule has 2 rings (SSSR count). The second-order valence-electron chi connectivity index (χ2n) is 7.76. The lowest BCUT2D eigenvalue weighted by atomic mass is 9.84. The van der Waals surface area contributed by atoms with E-state index >= 15 is 0 Å². The molecule has 2 atom stereocenters. The molecule has 1 amide bonds. The molecule has 2 aliphatic heterocycles. The summed E-state index contributed by atoms with van der Waals surface area (Å²) in [5, 5.41) is 0. The summed E-state index contributed by atoms with van der Waals surface area (Å²) in [5.41, 5.74) is 0.198. The zero-order chi connectivity index (χ0) is 14.3. The highest BCUT2D eigenvalue weighted by molar-refractivity contribution is 5.77. The maximum Gasteiger partial charge on any atom is 0.225 e. The molecule has 3 nitrogen and oxygen atoms in total. The molecule has 0 aliphatic carbocycles. The summed E-state index contributed by atoms with van der Waals surface area (Å²) in [7, 11) is 0. The van der Waals surface area contributed by atoms with Crippen LogP contribution in [0.5, 0.6) is 0 Å². The summed E-state index contributed by atoms with van der Waals surface area (Å²) < 4.78 is 6.04. The first-order valence-electron chi connectivity index (χ1n) is 7.65. The molecule has 0 aromatic heterocycles. The van der Waals surface area contributed by atoms with Crippen molar-refractivity contribution in [1.29, 1.82) is 0 Å². The van der Waals surface area contributed by atoms with Gasteiger partial charge in [0.1, 0.15) is 0 Å². The fourth-order valence-corrected chi connectivity index (χ4v) is 3.27. The van der Waals surface area contributed by atoms with Crippen molar-refractivity contribution >= 4 is 5.91 Å². The number of carbonyl (C=O) groups is 1. The van der Waals surface area contributed by atoms with Crippen molar-refractivity contribution in [2.45, 2.75) is 72.0 Å². The number of nitrogens with zero attached hydrogens (tertiary/aromatic N) is 1. The van der Waals surface area contributed by atoms with E-state index in [4.69, 9.17) is 4.74 Å². The average molecular weight is 267 g/mol. The highest BCUT2D eigenvalue weighted by Crippen LogP contribution is 2.36. The van der Waals surface area contributed by atoms with Crippen LogP contribution >= 0.6 is 0 Å². The van der Waals surface area contributed by atoms with Gasteiger partial charge in [-0.05, 0) is 44.4 Å². The van der Waals surface area contributed by atoms with E-state index in [1.807, 2.05) is 4.90 Å². The number of amides is 1. The van der Waals surface area contributed by atoms with Crippen molar-refractivity contribution in [3.63, 3.8) is 0 Å². The van der Waals surface area contributed by atoms with E-state index in [-0.39, 0.29) is 23.0 Å². The van der Waals surface area contributed by atoms with Crippen molar-refractivity contribution in [2.24, 2.45) is 11.3 Å². The van der Waals surface area contributed by atoms with Crippen LogP contribution in [0.25, 0.3) is 0 Å². The number of likely N-dealkylation sites (tertiary alicyclic amines) is 1. The van der Waals surface area contributed by atoms with Crippen LogP contribution in [0.1, 0.15) is 60.3 Å². The first-order valence-corrected chi connectivity index (χ1v) is 7.65. The van der Waals surface area contributed by atoms with Gasteiger partial charge in [0.2, 0.25) is 5.91 Å². The van der Waals surface area contributed by atoms with Crippen LogP contribution in [0.3, 0.4) is 0 Å². The second kappa shape index (κ2) is 5.08. The van der Waals surface area contributed by atoms with Crippen molar-refractivity contribution in [1.82, 2.24) is 4.90 Å². The van der Waals surface area contributed by atoms with Gasteiger partial charge in [-0.1, -0.05) is 20.8 Å². The number of hydrogen-bond donors (Lipinski definition) is 0. The highest BCUT2D eigenvalue weighted by atomic mass is 16.5. The molecule has 19 heavy (non-hydrogen) atoms. The lowest BCUT2D eigenvalue weighted by Crippen LogP contribution is -2.39. The van der Waals surface area contributed by atoms with Crippen LogP contribution in [-0.2, 0) is 9.53 Å². The largest absolute Gasteiger partial charge is 0.372 e. The molecule has 2 saturated heterocycles. The van der Waals surface area contributed by atoms with Gasteiger partial charge in [0.25, 0.3) is 0 Å². The van der Waals surface area contributed by atoms with E-state index in [2.05, 4.69) is 34.6 Å². The monoisotopic (exact) mass is 267 g/mol. The van der Waals surface area contributed by atoms with Gasteiger partial charge < -0.3 is 9.64 Å². The van der Waals surface area contributed by atoms with Crippen LogP contribution in [0.2, 0.25) is 0 Å². The molecule has 0 bridgehead atoms. The molecule has 0 aromatic rings. The molecule has 0 saturated carbocycles. The molecule has 0 radical (unpaired) electrons. The van der Waals surface area contributed by atoms with Crippen LogP contribution in [0.4, 0.5) is 0 Å². The Morgan fingerprint density at radius 1 is 1.32 bits per heavy atom. The summed E-state index contributed by atoms with van der Waals surface area (Å²) in [6.45, 7) is 12.8. The normalized spacial score (nSPS) is 33.4. The predicted molar refractivity (Wildman–Crippen MR) is 76.9 cm³/mol. The summed E-state index contributed by atoms with van der Waals surface area (Å²) >= 11 is 0. The van der Waals surface area contributed by atoms with Crippen LogP contribution in [-0.4, -0.2) is 35.6 Å². The predicted octanol–water partition coefficient (Wildman–Crippen LogP) is 3.23. The SMILES string of the molecule is CC1CN(C(=O)CC2CCCC(C)(C)O2)CC1(C)C. The lowest BCUT2D eigenvalue weighted by Gasteiger charge is -2.36. The van der Waals surface area contributed by atoms with E-state index in [1.165, 1.54) is 6.42 Å². The van der Waals surface area contributed by atoms with E-state index in [0.29, 0.717) is 12.3 Å². The minimum atomic E-state index is -0.0548. The molecule has 0 spiro atoms. The van der Waals surface area contributed by atoms with Crippen molar-refractivity contribution in [3.05, 3.63) is 0 Å². The maximum atomic E-state index is 12.4. The fourth-order valence-electron chi connectivity index (χ4n) is 3.27. The quantitative estimate of drug-likeness (QED) is 0.769. The van der Waals surface area contributed by atoms with Crippen LogP contribution in [0, 0.1) is 11.3 Å². The van der Waals surface area contributed by atoms with Crippen LogP contribution < -0.4 is 0 Å². The molecule has 2 unspecified atom stereocenters. The molecule has 0 aromatic carbocycles. The first kappa shape index (κ1) is 14.8. The van der Waals surface area contributed by atoms with Gasteiger partial charge >= 0.3 is 0 Å². The Morgan fingerprint density at radius 2 is 2.00 bits per heavy atom. The van der Waals surface area contributed by atoms with E-state index < -0.39 is 0 Å². The summed E-state index contributed by atoms with van der Waals surface area (Å²) in [5.74, 6) is 0.861. The maximum absolute atomic E-state index is 12.4. The van der Waals surface area contributed by atoms with Gasteiger partial charge in [-0.2, -0.15) is 0 Å². The first-order chi connectivity index (χ1) is 8.70. The smallest absolute Gasteiger partial charge is 0.225 e. The lowest BCUT2D eigenvalue weighted by molar-refractivity contribution is -0.143.